The summed E-state index contributed by atoms with van der Waals surface area (Å²) in [5, 5.41) is 0.871. The van der Waals surface area contributed by atoms with E-state index < -0.39 is 5.41 Å². The van der Waals surface area contributed by atoms with Gasteiger partial charge in [0, 0.05) is 0 Å². The molecule has 4 heteroatoms. The van der Waals surface area contributed by atoms with Crippen LogP contribution in [0.4, 0.5) is 0 Å². The Hall–Kier alpha value is -2.20. The minimum absolute atomic E-state index is 0.246. The van der Waals surface area contributed by atoms with Crippen LogP contribution in [0.1, 0.15) is 31.9 Å². The molecular weight excluding hydrogens is 318 g/mol. The van der Waals surface area contributed by atoms with Crippen LogP contribution in [0.25, 0.3) is 20.8 Å². The highest BCUT2D eigenvalue weighted by Gasteiger charge is 2.25. The summed E-state index contributed by atoms with van der Waals surface area (Å²) in [6.07, 6.45) is 0. The summed E-state index contributed by atoms with van der Waals surface area (Å²) in [7, 11) is 0. The second-order valence-electron chi connectivity index (χ2n) is 7.13. The Morgan fingerprint density at radius 1 is 1.04 bits per heavy atom. The maximum Gasteiger partial charge on any atom is 0.316 e. The third kappa shape index (κ3) is 3.34. The van der Waals surface area contributed by atoms with E-state index in [2.05, 4.69) is 25.1 Å². The van der Waals surface area contributed by atoms with Gasteiger partial charge in [0.05, 0.1) is 21.2 Å². The van der Waals surface area contributed by atoms with E-state index >= 15 is 0 Å². The number of carbonyl (C=O) groups excluding carboxylic acids is 1. The van der Waals surface area contributed by atoms with Crippen molar-refractivity contribution in [2.24, 2.45) is 5.41 Å². The largest absolute Gasteiger partial charge is 0.425 e. The van der Waals surface area contributed by atoms with E-state index in [9.17, 15) is 4.79 Å². The Kier molecular flexibility index (Phi) is 4.18. The zero-order chi connectivity index (χ0) is 17.5. The lowest BCUT2D eigenvalue weighted by Gasteiger charge is -2.17. The average Bonchev–Trinajstić information content (AvgIpc) is 2.90. The molecule has 0 bridgehead atoms. The van der Waals surface area contributed by atoms with Crippen molar-refractivity contribution in [3.63, 3.8) is 0 Å². The number of fused-ring (bicyclic) bond motifs is 1. The zero-order valence-electron chi connectivity index (χ0n) is 14.6. The average molecular weight is 339 g/mol. The Bertz CT molecular complexity index is 919. The lowest BCUT2D eigenvalue weighted by Crippen LogP contribution is -2.25. The number of aromatic nitrogens is 1. The molecule has 0 amide bonds. The summed E-state index contributed by atoms with van der Waals surface area (Å²) in [5.41, 5.74) is 3.59. The van der Waals surface area contributed by atoms with Crippen molar-refractivity contribution >= 4 is 27.5 Å². The number of thiazole rings is 1. The van der Waals surface area contributed by atoms with Gasteiger partial charge in [0.25, 0.3) is 0 Å². The van der Waals surface area contributed by atoms with Crippen LogP contribution in [0.15, 0.2) is 36.4 Å². The zero-order valence-corrected chi connectivity index (χ0v) is 15.5. The van der Waals surface area contributed by atoms with Gasteiger partial charge in [0.2, 0.25) is 0 Å². The minimum Gasteiger partial charge on any atom is -0.425 e. The van der Waals surface area contributed by atoms with E-state index in [0.29, 0.717) is 5.75 Å². The molecule has 124 valence electrons. The van der Waals surface area contributed by atoms with Crippen LogP contribution in [0.3, 0.4) is 0 Å². The number of hydrogen-bond acceptors (Lipinski definition) is 4. The van der Waals surface area contributed by atoms with Gasteiger partial charge < -0.3 is 4.74 Å². The molecule has 0 saturated heterocycles. The fourth-order valence-electron chi connectivity index (χ4n) is 2.31. The van der Waals surface area contributed by atoms with Crippen LogP contribution in [-0.4, -0.2) is 11.0 Å². The van der Waals surface area contributed by atoms with Crippen LogP contribution in [0, 0.1) is 19.3 Å². The van der Waals surface area contributed by atoms with Crippen molar-refractivity contribution in [2.75, 3.05) is 0 Å². The molecule has 0 fully saturated rings. The number of ether oxygens (including phenoxy) is 1. The minimum atomic E-state index is -0.549. The molecule has 24 heavy (non-hydrogen) atoms. The van der Waals surface area contributed by atoms with Crippen molar-refractivity contribution in [3.8, 4) is 16.3 Å². The topological polar surface area (TPSA) is 39.2 Å². The standard InChI is InChI=1S/C20H21NO2S/c1-12-6-8-16(23-19(22)20(3,4)5)14(10-12)18-21-15-11-13(2)7-9-17(15)24-18/h6-11H,1-5H3. The number of aryl methyl sites for hydroxylation is 2. The molecule has 0 atom stereocenters. The van der Waals surface area contributed by atoms with Gasteiger partial charge in [-0.15, -0.1) is 11.3 Å². The Labute approximate surface area is 146 Å². The fourth-order valence-corrected chi connectivity index (χ4v) is 3.27. The molecule has 1 heterocycles. The monoisotopic (exact) mass is 339 g/mol. The van der Waals surface area contributed by atoms with E-state index in [1.165, 1.54) is 5.56 Å². The molecule has 3 rings (SSSR count). The smallest absolute Gasteiger partial charge is 0.316 e. The van der Waals surface area contributed by atoms with Crippen LogP contribution < -0.4 is 4.74 Å². The lowest BCUT2D eigenvalue weighted by atomic mass is 9.97. The highest BCUT2D eigenvalue weighted by molar-refractivity contribution is 7.21. The molecule has 0 spiro atoms. The summed E-state index contributed by atoms with van der Waals surface area (Å²) in [6.45, 7) is 9.63. The van der Waals surface area contributed by atoms with Gasteiger partial charge >= 0.3 is 5.97 Å². The highest BCUT2D eigenvalue weighted by Crippen LogP contribution is 2.37. The fraction of sp³-hybridized carbons (Fsp3) is 0.300. The number of benzene rings is 2. The van der Waals surface area contributed by atoms with Gasteiger partial charge in [-0.2, -0.15) is 0 Å². The molecule has 0 radical (unpaired) electrons. The van der Waals surface area contributed by atoms with Gasteiger partial charge in [-0.25, -0.2) is 4.98 Å². The van der Waals surface area contributed by atoms with E-state index in [0.717, 1.165) is 26.4 Å². The SMILES string of the molecule is Cc1ccc(OC(=O)C(C)(C)C)c(-c2nc3cc(C)ccc3s2)c1. The van der Waals surface area contributed by atoms with Crippen molar-refractivity contribution in [3.05, 3.63) is 47.5 Å². The summed E-state index contributed by atoms with van der Waals surface area (Å²) >= 11 is 1.61. The second-order valence-corrected chi connectivity index (χ2v) is 8.16. The van der Waals surface area contributed by atoms with E-state index in [-0.39, 0.29) is 5.97 Å². The van der Waals surface area contributed by atoms with Gasteiger partial charge in [-0.3, -0.25) is 4.79 Å². The maximum absolute atomic E-state index is 12.3. The second kappa shape index (κ2) is 6.02. The predicted molar refractivity (Wildman–Crippen MR) is 99.6 cm³/mol. The van der Waals surface area contributed by atoms with Crippen molar-refractivity contribution in [1.29, 1.82) is 0 Å². The molecular formula is C20H21NO2S. The molecule has 0 saturated carbocycles. The first kappa shape index (κ1) is 16.7. The summed E-state index contributed by atoms with van der Waals surface area (Å²) < 4.78 is 6.80. The molecule has 2 aromatic carbocycles. The first-order valence-corrected chi connectivity index (χ1v) is 8.76. The normalized spacial score (nSPS) is 11.7. The highest BCUT2D eigenvalue weighted by atomic mass is 32.1. The molecule has 3 aromatic rings. The van der Waals surface area contributed by atoms with Crippen LogP contribution in [0.2, 0.25) is 0 Å². The van der Waals surface area contributed by atoms with E-state index in [1.807, 2.05) is 45.9 Å². The lowest BCUT2D eigenvalue weighted by molar-refractivity contribution is -0.142. The molecule has 3 nitrogen and oxygen atoms in total. The molecule has 0 aliphatic rings. The number of esters is 1. The third-order valence-electron chi connectivity index (χ3n) is 3.72. The van der Waals surface area contributed by atoms with Gasteiger partial charge in [-0.1, -0.05) is 17.7 Å². The predicted octanol–water partition coefficient (Wildman–Crippen LogP) is 5.53. The first-order valence-electron chi connectivity index (χ1n) is 7.94. The number of carbonyl (C=O) groups is 1. The quantitative estimate of drug-likeness (QED) is 0.455. The Morgan fingerprint density at radius 2 is 1.71 bits per heavy atom. The summed E-state index contributed by atoms with van der Waals surface area (Å²) in [5.74, 6) is 0.320. The maximum atomic E-state index is 12.3. The van der Waals surface area contributed by atoms with Gasteiger partial charge in [0.1, 0.15) is 10.8 Å². The number of rotatable bonds is 2. The van der Waals surface area contributed by atoms with Crippen LogP contribution in [0.5, 0.6) is 5.75 Å². The van der Waals surface area contributed by atoms with Crippen LogP contribution >= 0.6 is 11.3 Å². The molecule has 0 aliphatic heterocycles. The Morgan fingerprint density at radius 3 is 2.42 bits per heavy atom. The van der Waals surface area contributed by atoms with Crippen LogP contribution in [-0.2, 0) is 4.79 Å². The number of nitrogens with zero attached hydrogens (tertiary/aromatic N) is 1. The molecule has 0 aliphatic carbocycles. The van der Waals surface area contributed by atoms with Crippen molar-refractivity contribution in [2.45, 2.75) is 34.6 Å². The van der Waals surface area contributed by atoms with E-state index in [1.54, 1.807) is 11.3 Å². The summed E-state index contributed by atoms with van der Waals surface area (Å²) in [6, 6.07) is 12.1. The first-order chi connectivity index (χ1) is 11.2. The molecule has 0 unspecified atom stereocenters. The van der Waals surface area contributed by atoms with Gasteiger partial charge in [0.15, 0.2) is 0 Å². The van der Waals surface area contributed by atoms with E-state index in [4.69, 9.17) is 9.72 Å². The summed E-state index contributed by atoms with van der Waals surface area (Å²) in [4.78, 5) is 17.0. The molecule has 0 N–H and O–H groups in total. The number of hydrogen-bond donors (Lipinski definition) is 0. The van der Waals surface area contributed by atoms with Crippen molar-refractivity contribution in [1.82, 2.24) is 4.98 Å². The Balaban J connectivity index is 2.08. The molecule has 1 aromatic heterocycles. The van der Waals surface area contributed by atoms with Crippen molar-refractivity contribution < 1.29 is 9.53 Å². The third-order valence-corrected chi connectivity index (χ3v) is 4.79. The van der Waals surface area contributed by atoms with Gasteiger partial charge in [-0.05, 0) is 64.4 Å².